The van der Waals surface area contributed by atoms with Crippen molar-refractivity contribution in [1.29, 1.82) is 0 Å². The molecular formula is C11H15N3OS. The van der Waals surface area contributed by atoms with Gasteiger partial charge in [0.1, 0.15) is 0 Å². The lowest BCUT2D eigenvalue weighted by Gasteiger charge is -2.22. The molecule has 0 bridgehead atoms. The van der Waals surface area contributed by atoms with Gasteiger partial charge in [-0.25, -0.2) is 0 Å². The molecule has 1 heterocycles. The normalized spacial score (nSPS) is 18.1. The molecule has 4 nitrogen and oxygen atoms in total. The molecule has 0 spiro atoms. The molecule has 0 aromatic heterocycles. The van der Waals surface area contributed by atoms with Crippen LogP contribution in [0.15, 0.2) is 23.1 Å². The second-order valence-electron chi connectivity index (χ2n) is 3.59. The van der Waals surface area contributed by atoms with Gasteiger partial charge in [0.15, 0.2) is 12.5 Å². The molecule has 16 heavy (non-hydrogen) atoms. The molecule has 3 N–H and O–H groups in total. The zero-order chi connectivity index (χ0) is 11.5. The summed E-state index contributed by atoms with van der Waals surface area (Å²) < 4.78 is 0. The van der Waals surface area contributed by atoms with Crippen LogP contribution in [0.3, 0.4) is 0 Å². The summed E-state index contributed by atoms with van der Waals surface area (Å²) in [5, 5.41) is 3.16. The van der Waals surface area contributed by atoms with Crippen molar-refractivity contribution in [2.45, 2.75) is 11.1 Å². The monoisotopic (exact) mass is 237 g/mol. The molecule has 0 amide bonds. The molecule has 1 aromatic rings. The number of nitrogens with two attached hydrogens (primary N) is 1. The minimum Gasteiger partial charge on any atom is -0.358 e. The highest BCUT2D eigenvalue weighted by atomic mass is 32.2. The van der Waals surface area contributed by atoms with Crippen molar-refractivity contribution in [2.75, 3.05) is 29.6 Å². The van der Waals surface area contributed by atoms with Gasteiger partial charge in [0, 0.05) is 18.0 Å². The van der Waals surface area contributed by atoms with Gasteiger partial charge in [0.2, 0.25) is 0 Å². The van der Waals surface area contributed by atoms with Gasteiger partial charge in [0.05, 0.1) is 11.4 Å². The van der Waals surface area contributed by atoms with E-state index in [-0.39, 0.29) is 6.17 Å². The Morgan fingerprint density at radius 2 is 2.44 bits per heavy atom. The van der Waals surface area contributed by atoms with Gasteiger partial charge < -0.3 is 16.0 Å². The maximum atomic E-state index is 11.0. The lowest BCUT2D eigenvalue weighted by atomic mass is 10.2. The van der Waals surface area contributed by atoms with Gasteiger partial charge in [-0.15, -0.1) is 11.8 Å². The first-order valence-corrected chi connectivity index (χ1v) is 6.39. The molecule has 1 aliphatic rings. The van der Waals surface area contributed by atoms with Gasteiger partial charge in [-0.2, -0.15) is 0 Å². The number of carbonyl (C=O) groups is 1. The number of aldehydes is 1. The largest absolute Gasteiger partial charge is 0.358 e. The molecule has 1 aromatic carbocycles. The fourth-order valence-corrected chi connectivity index (χ4v) is 2.32. The summed E-state index contributed by atoms with van der Waals surface area (Å²) in [7, 11) is 0. The molecule has 0 saturated carbocycles. The molecule has 86 valence electrons. The standard InChI is InChI=1S/C11H15N3OS/c1-16-8-2-3-9-10(6-8)14(5-4-12)11(7-15)13-9/h2-3,6-7,11,13H,4-5,12H2,1H3. The van der Waals surface area contributed by atoms with E-state index in [4.69, 9.17) is 5.73 Å². The lowest BCUT2D eigenvalue weighted by molar-refractivity contribution is -0.108. The number of nitrogens with one attached hydrogen (secondary N) is 1. The van der Waals surface area contributed by atoms with Gasteiger partial charge in [-0.05, 0) is 24.5 Å². The van der Waals surface area contributed by atoms with Crippen molar-refractivity contribution in [3.8, 4) is 0 Å². The summed E-state index contributed by atoms with van der Waals surface area (Å²) in [6.07, 6.45) is 2.67. The predicted molar refractivity (Wildman–Crippen MR) is 68.1 cm³/mol. The SMILES string of the molecule is CSc1ccc2c(c1)N(CCN)C(C=O)N2. The van der Waals surface area contributed by atoms with Crippen LogP contribution in [0.4, 0.5) is 11.4 Å². The zero-order valence-electron chi connectivity index (χ0n) is 9.14. The number of hydrogen-bond donors (Lipinski definition) is 2. The van der Waals surface area contributed by atoms with Crippen LogP contribution in [0.25, 0.3) is 0 Å². The Morgan fingerprint density at radius 3 is 3.06 bits per heavy atom. The van der Waals surface area contributed by atoms with Crippen molar-refractivity contribution in [3.63, 3.8) is 0 Å². The Hall–Kier alpha value is -1.20. The summed E-state index contributed by atoms with van der Waals surface area (Å²) in [6, 6.07) is 6.14. The van der Waals surface area contributed by atoms with Crippen LogP contribution in [0, 0.1) is 0 Å². The third kappa shape index (κ3) is 1.88. The van der Waals surface area contributed by atoms with E-state index in [1.165, 1.54) is 4.90 Å². The quantitative estimate of drug-likeness (QED) is 0.607. The highest BCUT2D eigenvalue weighted by Gasteiger charge is 2.27. The van der Waals surface area contributed by atoms with Crippen LogP contribution in [-0.4, -0.2) is 31.8 Å². The second-order valence-corrected chi connectivity index (χ2v) is 4.47. The first kappa shape index (κ1) is 11.3. The molecule has 1 atom stereocenters. The Labute approximate surface area is 99.2 Å². The maximum Gasteiger partial charge on any atom is 0.162 e. The summed E-state index contributed by atoms with van der Waals surface area (Å²) in [5.74, 6) is 0. The van der Waals surface area contributed by atoms with Gasteiger partial charge >= 0.3 is 0 Å². The van der Waals surface area contributed by atoms with E-state index >= 15 is 0 Å². The molecule has 0 fully saturated rings. The van der Waals surface area contributed by atoms with E-state index < -0.39 is 0 Å². The molecule has 2 rings (SSSR count). The minimum absolute atomic E-state index is 0.282. The fourth-order valence-electron chi connectivity index (χ4n) is 1.89. The van der Waals surface area contributed by atoms with Gasteiger partial charge in [-0.3, -0.25) is 4.79 Å². The molecule has 1 aliphatic heterocycles. The number of nitrogens with zero attached hydrogens (tertiary/aromatic N) is 1. The van der Waals surface area contributed by atoms with Crippen molar-refractivity contribution >= 4 is 29.4 Å². The van der Waals surface area contributed by atoms with Crippen LogP contribution in [-0.2, 0) is 4.79 Å². The highest BCUT2D eigenvalue weighted by molar-refractivity contribution is 7.98. The fraction of sp³-hybridized carbons (Fsp3) is 0.364. The second kappa shape index (κ2) is 4.76. The van der Waals surface area contributed by atoms with Crippen LogP contribution in [0.2, 0.25) is 0 Å². The zero-order valence-corrected chi connectivity index (χ0v) is 9.96. The molecule has 0 aliphatic carbocycles. The van der Waals surface area contributed by atoms with E-state index in [2.05, 4.69) is 11.4 Å². The molecule has 1 unspecified atom stereocenters. The summed E-state index contributed by atoms with van der Waals surface area (Å²) >= 11 is 1.69. The topological polar surface area (TPSA) is 58.4 Å². The van der Waals surface area contributed by atoms with Crippen LogP contribution < -0.4 is 16.0 Å². The first-order chi connectivity index (χ1) is 7.80. The average molecular weight is 237 g/mol. The van der Waals surface area contributed by atoms with Crippen LogP contribution >= 0.6 is 11.8 Å². The molecular weight excluding hydrogens is 222 g/mol. The predicted octanol–water partition coefficient (Wildman–Crippen LogP) is 1.12. The maximum absolute atomic E-state index is 11.0. The smallest absolute Gasteiger partial charge is 0.162 e. The van der Waals surface area contributed by atoms with E-state index in [0.717, 1.165) is 17.7 Å². The van der Waals surface area contributed by atoms with Gasteiger partial charge in [-0.1, -0.05) is 0 Å². The Bertz CT molecular complexity index is 397. The third-order valence-electron chi connectivity index (χ3n) is 2.65. The lowest BCUT2D eigenvalue weighted by Crippen LogP contribution is -2.40. The number of anilines is 2. The first-order valence-electron chi connectivity index (χ1n) is 5.16. The van der Waals surface area contributed by atoms with E-state index in [1.807, 2.05) is 23.3 Å². The van der Waals surface area contributed by atoms with Crippen molar-refractivity contribution in [1.82, 2.24) is 0 Å². The van der Waals surface area contributed by atoms with Gasteiger partial charge in [0.25, 0.3) is 0 Å². The van der Waals surface area contributed by atoms with Crippen molar-refractivity contribution in [2.24, 2.45) is 5.73 Å². The van der Waals surface area contributed by atoms with Crippen LogP contribution in [0.1, 0.15) is 0 Å². The van der Waals surface area contributed by atoms with Crippen molar-refractivity contribution < 1.29 is 4.79 Å². The number of thioether (sulfide) groups is 1. The highest BCUT2D eigenvalue weighted by Crippen LogP contribution is 2.36. The third-order valence-corrected chi connectivity index (χ3v) is 3.38. The number of carbonyl (C=O) groups excluding carboxylic acids is 1. The van der Waals surface area contributed by atoms with E-state index in [1.54, 1.807) is 11.8 Å². The number of benzene rings is 1. The molecule has 0 radical (unpaired) electrons. The number of fused-ring (bicyclic) bond motifs is 1. The number of rotatable bonds is 4. The van der Waals surface area contributed by atoms with Crippen LogP contribution in [0.5, 0.6) is 0 Å². The molecule has 0 saturated heterocycles. The molecule has 5 heteroatoms. The van der Waals surface area contributed by atoms with E-state index in [0.29, 0.717) is 13.1 Å². The summed E-state index contributed by atoms with van der Waals surface area (Å²) in [6.45, 7) is 1.22. The Kier molecular flexibility index (Phi) is 3.36. The average Bonchev–Trinajstić information content (AvgIpc) is 2.67. The van der Waals surface area contributed by atoms with Crippen molar-refractivity contribution in [3.05, 3.63) is 18.2 Å². The summed E-state index contributed by atoms with van der Waals surface area (Å²) in [4.78, 5) is 14.2. The number of hydrogen-bond acceptors (Lipinski definition) is 5. The summed E-state index contributed by atoms with van der Waals surface area (Å²) in [5.41, 5.74) is 7.63. The Morgan fingerprint density at radius 1 is 1.62 bits per heavy atom. The Balaban J connectivity index is 2.35. The van der Waals surface area contributed by atoms with E-state index in [9.17, 15) is 4.79 Å². The minimum atomic E-state index is -0.282.